The molecule has 1 aromatic heterocycles. The minimum Gasteiger partial charge on any atom is -0.365 e. The molecule has 2 heterocycles. The van der Waals surface area contributed by atoms with Crippen molar-refractivity contribution in [1.82, 2.24) is 15.3 Å². The second-order valence-corrected chi connectivity index (χ2v) is 9.01. The molecule has 7 heteroatoms. The highest BCUT2D eigenvalue weighted by Gasteiger charge is 2.26. The minimum atomic E-state index is -0.485. The van der Waals surface area contributed by atoms with Crippen LogP contribution in [0.15, 0.2) is 60.7 Å². The number of nitrogens with one attached hydrogen (secondary N) is 2. The SMILES string of the molecule is N#Cc1cccc(-c2ccc(C(OCc3nc4cc(F)c(Cl)cc4[nH]3)C3CCNCC3)cc2)c1. The molecule has 0 bridgehead atoms. The maximum Gasteiger partial charge on any atom is 0.144 e. The summed E-state index contributed by atoms with van der Waals surface area (Å²) < 4.78 is 20.2. The van der Waals surface area contributed by atoms with Crippen LogP contribution in [0.4, 0.5) is 4.39 Å². The third-order valence-electron chi connectivity index (χ3n) is 6.35. The number of fused-ring (bicyclic) bond motifs is 1. The van der Waals surface area contributed by atoms with Crippen molar-refractivity contribution in [2.24, 2.45) is 5.92 Å². The highest BCUT2D eigenvalue weighted by molar-refractivity contribution is 6.31. The van der Waals surface area contributed by atoms with Crippen LogP contribution >= 0.6 is 11.6 Å². The van der Waals surface area contributed by atoms with Crippen LogP contribution in [0.5, 0.6) is 0 Å². The van der Waals surface area contributed by atoms with E-state index in [2.05, 4.69) is 45.6 Å². The summed E-state index contributed by atoms with van der Waals surface area (Å²) in [6.07, 6.45) is 1.96. The smallest absolute Gasteiger partial charge is 0.144 e. The summed E-state index contributed by atoms with van der Waals surface area (Å²) in [6, 6.07) is 21.1. The first-order valence-corrected chi connectivity index (χ1v) is 11.7. The fraction of sp³-hybridized carbons (Fsp3) is 0.259. The molecule has 0 amide bonds. The van der Waals surface area contributed by atoms with Gasteiger partial charge in [-0.15, -0.1) is 0 Å². The van der Waals surface area contributed by atoms with Crippen molar-refractivity contribution in [3.05, 3.63) is 88.5 Å². The van der Waals surface area contributed by atoms with Crippen molar-refractivity contribution >= 4 is 22.6 Å². The summed E-state index contributed by atoms with van der Waals surface area (Å²) in [7, 11) is 0. The third-order valence-corrected chi connectivity index (χ3v) is 6.64. The number of imidazole rings is 1. The molecule has 4 aromatic rings. The molecule has 1 fully saturated rings. The molecule has 3 aromatic carbocycles. The van der Waals surface area contributed by atoms with Gasteiger partial charge in [-0.25, -0.2) is 9.37 Å². The van der Waals surface area contributed by atoms with Gasteiger partial charge < -0.3 is 15.0 Å². The van der Waals surface area contributed by atoms with E-state index in [-0.39, 0.29) is 17.7 Å². The Balaban J connectivity index is 1.38. The van der Waals surface area contributed by atoms with Crippen LogP contribution in [0.25, 0.3) is 22.2 Å². The van der Waals surface area contributed by atoms with Gasteiger partial charge in [-0.3, -0.25) is 0 Å². The summed E-state index contributed by atoms with van der Waals surface area (Å²) in [5.41, 5.74) is 5.04. The molecule has 0 spiro atoms. The zero-order valence-electron chi connectivity index (χ0n) is 18.5. The minimum absolute atomic E-state index is 0.0663. The molecular weight excluding hydrogens is 451 g/mol. The molecule has 1 unspecified atom stereocenters. The van der Waals surface area contributed by atoms with Crippen LogP contribution in [0.1, 0.15) is 35.9 Å². The second kappa shape index (κ2) is 9.94. The second-order valence-electron chi connectivity index (χ2n) is 8.60. The van der Waals surface area contributed by atoms with Crippen molar-refractivity contribution in [2.75, 3.05) is 13.1 Å². The Morgan fingerprint density at radius 3 is 2.65 bits per heavy atom. The normalized spacial score (nSPS) is 15.3. The van der Waals surface area contributed by atoms with Gasteiger partial charge in [-0.1, -0.05) is 48.0 Å². The number of benzene rings is 3. The van der Waals surface area contributed by atoms with Crippen LogP contribution < -0.4 is 5.32 Å². The number of halogens is 2. The topological polar surface area (TPSA) is 73.7 Å². The van der Waals surface area contributed by atoms with E-state index in [0.717, 1.165) is 42.6 Å². The summed E-state index contributed by atoms with van der Waals surface area (Å²) in [5.74, 6) is 0.534. The average Bonchev–Trinajstić information content (AvgIpc) is 3.27. The lowest BCUT2D eigenvalue weighted by Gasteiger charge is -2.31. The van der Waals surface area contributed by atoms with Gasteiger partial charge >= 0.3 is 0 Å². The molecule has 1 aliphatic heterocycles. The first kappa shape index (κ1) is 22.5. The maximum absolute atomic E-state index is 13.8. The van der Waals surface area contributed by atoms with E-state index in [1.807, 2.05) is 18.2 Å². The number of hydrogen-bond acceptors (Lipinski definition) is 4. The Morgan fingerprint density at radius 2 is 1.88 bits per heavy atom. The van der Waals surface area contributed by atoms with Gasteiger partial charge in [0.05, 0.1) is 33.8 Å². The lowest BCUT2D eigenvalue weighted by Crippen LogP contribution is -2.31. The van der Waals surface area contributed by atoms with E-state index >= 15 is 0 Å². The highest BCUT2D eigenvalue weighted by Crippen LogP contribution is 2.34. The van der Waals surface area contributed by atoms with E-state index in [1.54, 1.807) is 12.1 Å². The van der Waals surface area contributed by atoms with E-state index in [9.17, 15) is 9.65 Å². The van der Waals surface area contributed by atoms with Gasteiger partial charge in [0.1, 0.15) is 18.2 Å². The average molecular weight is 475 g/mol. The van der Waals surface area contributed by atoms with Gasteiger partial charge in [0.25, 0.3) is 0 Å². The number of aromatic nitrogens is 2. The van der Waals surface area contributed by atoms with Gasteiger partial charge in [0.15, 0.2) is 0 Å². The Kier molecular flexibility index (Phi) is 6.59. The Bertz CT molecular complexity index is 1300. The summed E-state index contributed by atoms with van der Waals surface area (Å²) in [4.78, 5) is 7.67. The number of nitriles is 1. The molecular formula is C27H24ClFN4O. The predicted octanol–water partition coefficient (Wildman–Crippen LogP) is 6.15. The number of ether oxygens (including phenoxy) is 1. The van der Waals surface area contributed by atoms with E-state index in [4.69, 9.17) is 16.3 Å². The van der Waals surface area contributed by atoms with Crippen LogP contribution in [-0.4, -0.2) is 23.1 Å². The molecule has 0 saturated carbocycles. The maximum atomic E-state index is 13.8. The molecule has 5 nitrogen and oxygen atoms in total. The number of rotatable bonds is 6. The van der Waals surface area contributed by atoms with E-state index in [1.165, 1.54) is 6.07 Å². The predicted molar refractivity (Wildman–Crippen MR) is 131 cm³/mol. The lowest BCUT2D eigenvalue weighted by molar-refractivity contribution is -0.0128. The van der Waals surface area contributed by atoms with Gasteiger partial charge in [0, 0.05) is 6.07 Å². The molecule has 2 N–H and O–H groups in total. The molecule has 5 rings (SSSR count). The number of H-pyrrole nitrogens is 1. The summed E-state index contributed by atoms with van der Waals surface area (Å²) in [5, 5.41) is 12.7. The quantitative estimate of drug-likeness (QED) is 0.351. The van der Waals surface area contributed by atoms with Crippen LogP contribution in [0, 0.1) is 23.1 Å². The molecule has 1 atom stereocenters. The van der Waals surface area contributed by atoms with Crippen molar-refractivity contribution in [3.63, 3.8) is 0 Å². The fourth-order valence-electron chi connectivity index (χ4n) is 4.58. The standard InChI is InChI=1S/C27H24ClFN4O/c28-22-13-24-25(14-23(22)29)33-26(32-24)16-34-27(20-8-10-31-11-9-20)19-6-4-18(5-7-19)21-3-1-2-17(12-21)15-30/h1-7,12-14,20,27,31H,8-11,16H2,(H,32,33). The third kappa shape index (κ3) is 4.83. The van der Waals surface area contributed by atoms with Gasteiger partial charge in [-0.05, 0) is 66.7 Å². The molecule has 1 aliphatic rings. The Morgan fingerprint density at radius 1 is 1.09 bits per heavy atom. The number of hydrogen-bond donors (Lipinski definition) is 2. The molecule has 34 heavy (non-hydrogen) atoms. The Hall–Kier alpha value is -3.24. The van der Waals surface area contributed by atoms with Crippen LogP contribution in [0.3, 0.4) is 0 Å². The Labute approximate surface area is 202 Å². The monoisotopic (exact) mass is 474 g/mol. The number of aromatic amines is 1. The van der Waals surface area contributed by atoms with Crippen molar-refractivity contribution in [3.8, 4) is 17.2 Å². The molecule has 0 radical (unpaired) electrons. The van der Waals surface area contributed by atoms with Crippen LogP contribution in [0.2, 0.25) is 5.02 Å². The van der Waals surface area contributed by atoms with Crippen molar-refractivity contribution in [2.45, 2.75) is 25.6 Å². The highest BCUT2D eigenvalue weighted by atomic mass is 35.5. The largest absolute Gasteiger partial charge is 0.365 e. The molecule has 172 valence electrons. The zero-order chi connectivity index (χ0) is 23.5. The van der Waals surface area contributed by atoms with E-state index in [0.29, 0.717) is 28.3 Å². The first-order valence-electron chi connectivity index (χ1n) is 11.4. The fourth-order valence-corrected chi connectivity index (χ4v) is 4.74. The number of nitrogens with zero attached hydrogens (tertiary/aromatic N) is 2. The number of piperidine rings is 1. The van der Waals surface area contributed by atoms with Crippen LogP contribution in [-0.2, 0) is 11.3 Å². The van der Waals surface area contributed by atoms with Gasteiger partial charge in [-0.2, -0.15) is 5.26 Å². The van der Waals surface area contributed by atoms with E-state index < -0.39 is 5.82 Å². The summed E-state index contributed by atoms with van der Waals surface area (Å²) in [6.45, 7) is 2.21. The zero-order valence-corrected chi connectivity index (χ0v) is 19.3. The molecule has 1 saturated heterocycles. The van der Waals surface area contributed by atoms with Gasteiger partial charge in [0.2, 0.25) is 0 Å². The molecule has 0 aliphatic carbocycles. The first-order chi connectivity index (χ1) is 16.6. The van der Waals surface area contributed by atoms with Crippen molar-refractivity contribution in [1.29, 1.82) is 5.26 Å². The lowest BCUT2D eigenvalue weighted by atomic mass is 9.87. The summed E-state index contributed by atoms with van der Waals surface area (Å²) >= 11 is 5.90. The van der Waals surface area contributed by atoms with Crippen molar-refractivity contribution < 1.29 is 9.13 Å².